The van der Waals surface area contributed by atoms with Crippen LogP contribution in [0.3, 0.4) is 0 Å². The first kappa shape index (κ1) is 12.9. The van der Waals surface area contributed by atoms with Gasteiger partial charge in [0.25, 0.3) is 0 Å². The van der Waals surface area contributed by atoms with E-state index in [0.717, 1.165) is 13.8 Å². The molecule has 1 heterocycles. The number of hydrogen-bond donors (Lipinski definition) is 1. The minimum atomic E-state index is -1.64. The van der Waals surface area contributed by atoms with Crippen molar-refractivity contribution in [2.24, 2.45) is 0 Å². The predicted octanol–water partition coefficient (Wildman–Crippen LogP) is -0.464. The zero-order valence-corrected chi connectivity index (χ0v) is 8.88. The number of hydrogen-bond acceptors (Lipinski definition) is 6. The molecule has 0 amide bonds. The molecule has 0 radical (unpaired) electrons. The summed E-state index contributed by atoms with van der Waals surface area (Å²) in [5, 5.41) is 9.36. The van der Waals surface area contributed by atoms with Gasteiger partial charge in [-0.05, 0) is 0 Å². The van der Waals surface area contributed by atoms with Gasteiger partial charge in [0.1, 0.15) is 0 Å². The molecular weight excluding hydrogens is 223 g/mol. The lowest BCUT2D eigenvalue weighted by Gasteiger charge is -2.35. The van der Waals surface area contributed by atoms with Crippen LogP contribution in [-0.2, 0) is 23.8 Å². The van der Waals surface area contributed by atoms with Gasteiger partial charge in [0.2, 0.25) is 0 Å². The molecule has 4 atom stereocenters. The van der Waals surface area contributed by atoms with E-state index in [-0.39, 0.29) is 0 Å². The summed E-state index contributed by atoms with van der Waals surface area (Å²) >= 11 is 0. The van der Waals surface area contributed by atoms with E-state index in [1.807, 2.05) is 0 Å². The van der Waals surface area contributed by atoms with Gasteiger partial charge >= 0.3 is 11.9 Å². The summed E-state index contributed by atoms with van der Waals surface area (Å²) in [5.41, 5.74) is 0. The van der Waals surface area contributed by atoms with Crippen molar-refractivity contribution in [3.63, 3.8) is 0 Å². The molecule has 7 heteroatoms. The number of carbonyl (C=O) groups excluding carboxylic acids is 2. The van der Waals surface area contributed by atoms with E-state index >= 15 is 0 Å². The van der Waals surface area contributed by atoms with Crippen molar-refractivity contribution < 1.29 is 33.3 Å². The Balaban J connectivity index is 2.76. The summed E-state index contributed by atoms with van der Waals surface area (Å²) in [4.78, 5) is 21.5. The lowest BCUT2D eigenvalue weighted by atomic mass is 10.1. The van der Waals surface area contributed by atoms with Gasteiger partial charge in [0.05, 0.1) is 6.61 Å². The summed E-state index contributed by atoms with van der Waals surface area (Å²) in [6.07, 6.45) is -5.83. The second-order valence-corrected chi connectivity index (χ2v) is 3.39. The molecule has 1 fully saturated rings. The number of aliphatic hydroxyl groups is 1. The molecule has 0 aromatic heterocycles. The minimum Gasteiger partial charge on any atom is -0.455 e. The number of ether oxygens (including phenoxy) is 3. The molecule has 0 aromatic rings. The number of aliphatic hydroxyl groups excluding tert-OH is 1. The zero-order chi connectivity index (χ0) is 12.3. The van der Waals surface area contributed by atoms with Crippen LogP contribution in [0.25, 0.3) is 0 Å². The largest absolute Gasteiger partial charge is 0.455 e. The third kappa shape index (κ3) is 3.14. The monoisotopic (exact) mass is 236 g/mol. The molecule has 1 saturated heterocycles. The van der Waals surface area contributed by atoms with Crippen molar-refractivity contribution in [1.29, 1.82) is 0 Å². The second kappa shape index (κ2) is 5.22. The molecule has 1 aliphatic rings. The molecule has 0 saturated carbocycles. The molecule has 6 nitrogen and oxygen atoms in total. The van der Waals surface area contributed by atoms with Gasteiger partial charge in [0, 0.05) is 13.8 Å². The molecule has 0 bridgehead atoms. The van der Waals surface area contributed by atoms with E-state index in [4.69, 9.17) is 0 Å². The first-order valence-electron chi connectivity index (χ1n) is 4.70. The SMILES string of the molecule is CC(=O)O[C@H]1[C@H](F)COC(O)[C@@H]1OC(C)=O. The van der Waals surface area contributed by atoms with Crippen LogP contribution in [0.1, 0.15) is 13.8 Å². The third-order valence-corrected chi connectivity index (χ3v) is 1.99. The Morgan fingerprint density at radius 1 is 1.25 bits per heavy atom. The lowest BCUT2D eigenvalue weighted by molar-refractivity contribution is -0.254. The maximum atomic E-state index is 13.4. The number of halogens is 1. The molecule has 1 aliphatic heterocycles. The molecule has 1 unspecified atom stereocenters. The van der Waals surface area contributed by atoms with Gasteiger partial charge in [-0.2, -0.15) is 0 Å². The van der Waals surface area contributed by atoms with E-state index in [1.165, 1.54) is 0 Å². The van der Waals surface area contributed by atoms with Gasteiger partial charge < -0.3 is 19.3 Å². The molecule has 0 aromatic carbocycles. The molecule has 92 valence electrons. The Morgan fingerprint density at radius 2 is 1.75 bits per heavy atom. The summed E-state index contributed by atoms with van der Waals surface area (Å²) < 4.78 is 27.3. The predicted molar refractivity (Wildman–Crippen MR) is 48.0 cm³/mol. The molecule has 0 aliphatic carbocycles. The standard InChI is InChI=1S/C9H13FO6/c1-4(11)15-7-6(10)3-14-9(13)8(7)16-5(2)12/h6-9,13H,3H2,1-2H3/t6-,7+,8-,9?/m1/s1. The Hall–Kier alpha value is -1.21. The quantitative estimate of drug-likeness (QED) is 0.653. The zero-order valence-electron chi connectivity index (χ0n) is 8.88. The van der Waals surface area contributed by atoms with Crippen LogP contribution in [0.2, 0.25) is 0 Å². The smallest absolute Gasteiger partial charge is 0.303 e. The summed E-state index contributed by atoms with van der Waals surface area (Å²) in [6, 6.07) is 0. The normalized spacial score (nSPS) is 34.2. The van der Waals surface area contributed by atoms with E-state index < -0.39 is 43.2 Å². The van der Waals surface area contributed by atoms with Gasteiger partial charge in [0.15, 0.2) is 24.7 Å². The summed E-state index contributed by atoms with van der Waals surface area (Å²) in [5.74, 6) is -1.45. The maximum absolute atomic E-state index is 13.4. The van der Waals surface area contributed by atoms with Crippen LogP contribution in [0.4, 0.5) is 4.39 Å². The van der Waals surface area contributed by atoms with Gasteiger partial charge in [-0.1, -0.05) is 0 Å². The second-order valence-electron chi connectivity index (χ2n) is 3.39. The van der Waals surface area contributed by atoms with Gasteiger partial charge in [-0.3, -0.25) is 9.59 Å². The highest BCUT2D eigenvalue weighted by Gasteiger charge is 2.44. The summed E-state index contributed by atoms with van der Waals surface area (Å²) in [6.45, 7) is 1.77. The average Bonchev–Trinajstić information content (AvgIpc) is 2.16. The average molecular weight is 236 g/mol. The molecule has 1 N–H and O–H groups in total. The first-order valence-corrected chi connectivity index (χ1v) is 4.70. The van der Waals surface area contributed by atoms with Crippen molar-refractivity contribution in [1.82, 2.24) is 0 Å². The molecule has 0 spiro atoms. The van der Waals surface area contributed by atoms with Gasteiger partial charge in [-0.15, -0.1) is 0 Å². The van der Waals surface area contributed by atoms with Crippen LogP contribution >= 0.6 is 0 Å². The highest BCUT2D eigenvalue weighted by Crippen LogP contribution is 2.22. The maximum Gasteiger partial charge on any atom is 0.303 e. The van der Waals surface area contributed by atoms with Crippen molar-refractivity contribution in [3.8, 4) is 0 Å². The van der Waals surface area contributed by atoms with E-state index in [0.29, 0.717) is 0 Å². The fourth-order valence-electron chi connectivity index (χ4n) is 1.40. The first-order chi connectivity index (χ1) is 7.41. The third-order valence-electron chi connectivity index (χ3n) is 1.99. The van der Waals surface area contributed by atoms with E-state index in [1.54, 1.807) is 0 Å². The van der Waals surface area contributed by atoms with Crippen LogP contribution < -0.4 is 0 Å². The van der Waals surface area contributed by atoms with E-state index in [2.05, 4.69) is 14.2 Å². The van der Waals surface area contributed by atoms with Crippen LogP contribution in [0, 0.1) is 0 Å². The minimum absolute atomic E-state index is 0.420. The fourth-order valence-corrected chi connectivity index (χ4v) is 1.40. The topological polar surface area (TPSA) is 82.1 Å². The van der Waals surface area contributed by atoms with Crippen molar-refractivity contribution in [2.75, 3.05) is 6.61 Å². The highest BCUT2D eigenvalue weighted by atomic mass is 19.1. The fraction of sp³-hybridized carbons (Fsp3) is 0.778. The van der Waals surface area contributed by atoms with Crippen molar-refractivity contribution >= 4 is 11.9 Å². The van der Waals surface area contributed by atoms with Gasteiger partial charge in [-0.25, -0.2) is 4.39 Å². The van der Waals surface area contributed by atoms with Crippen LogP contribution in [0.15, 0.2) is 0 Å². The number of carbonyl (C=O) groups is 2. The van der Waals surface area contributed by atoms with Crippen molar-refractivity contribution in [3.05, 3.63) is 0 Å². The highest BCUT2D eigenvalue weighted by molar-refractivity contribution is 5.67. The Kier molecular flexibility index (Phi) is 4.19. The number of esters is 2. The Bertz CT molecular complexity index is 253. The Morgan fingerprint density at radius 3 is 2.25 bits per heavy atom. The van der Waals surface area contributed by atoms with Crippen LogP contribution in [-0.4, -0.2) is 48.3 Å². The number of alkyl halides is 1. The van der Waals surface area contributed by atoms with Crippen LogP contribution in [0.5, 0.6) is 0 Å². The lowest BCUT2D eigenvalue weighted by Crippen LogP contribution is -2.54. The molecule has 16 heavy (non-hydrogen) atoms. The summed E-state index contributed by atoms with van der Waals surface area (Å²) in [7, 11) is 0. The van der Waals surface area contributed by atoms with E-state index in [9.17, 15) is 19.1 Å². The Labute approximate surface area is 91.3 Å². The molecular formula is C9H13FO6. The number of rotatable bonds is 2. The van der Waals surface area contributed by atoms with Crippen molar-refractivity contribution in [2.45, 2.75) is 38.5 Å². The molecule has 1 rings (SSSR count).